The molecule has 2 aromatic rings. The molecule has 0 bridgehead atoms. The molecule has 1 N–H and O–H groups in total. The van der Waals surface area contributed by atoms with Crippen LogP contribution < -0.4 is 5.32 Å². The number of aromatic nitrogens is 1. The number of sulfone groups is 1. The number of rotatable bonds is 6. The molecule has 1 aliphatic rings. The number of anilines is 1. The SMILES string of the molecule is Cc1c(C#N)c(NC(=O)CN(C)C2CCS(=O)(=O)C2)n(Cc2ccco2)c1C. The molecule has 9 heteroatoms. The van der Waals surface area contributed by atoms with Crippen molar-refractivity contribution >= 4 is 21.6 Å². The minimum atomic E-state index is -3.01. The van der Waals surface area contributed by atoms with E-state index in [1.54, 1.807) is 24.3 Å². The average Bonchev–Trinajstić information content (AvgIpc) is 3.31. The van der Waals surface area contributed by atoms with Gasteiger partial charge >= 0.3 is 0 Å². The Morgan fingerprint density at radius 2 is 2.21 bits per heavy atom. The summed E-state index contributed by atoms with van der Waals surface area (Å²) in [5, 5.41) is 12.4. The van der Waals surface area contributed by atoms with Crippen molar-refractivity contribution in [2.24, 2.45) is 0 Å². The van der Waals surface area contributed by atoms with Gasteiger partial charge in [-0.15, -0.1) is 0 Å². The average molecular weight is 404 g/mol. The van der Waals surface area contributed by atoms with Crippen LogP contribution in [0.25, 0.3) is 0 Å². The Balaban J connectivity index is 1.78. The van der Waals surface area contributed by atoms with Crippen molar-refractivity contribution in [3.05, 3.63) is 41.0 Å². The molecule has 3 heterocycles. The number of carbonyl (C=O) groups excluding carboxylic acids is 1. The Morgan fingerprint density at radius 1 is 1.46 bits per heavy atom. The van der Waals surface area contributed by atoms with Crippen LogP contribution in [0.4, 0.5) is 5.82 Å². The fraction of sp³-hybridized carbons (Fsp3) is 0.474. The monoisotopic (exact) mass is 404 g/mol. The minimum absolute atomic E-state index is 0.0507. The Morgan fingerprint density at radius 3 is 2.79 bits per heavy atom. The van der Waals surface area contributed by atoms with Crippen LogP contribution in [0.1, 0.15) is 29.0 Å². The highest BCUT2D eigenvalue weighted by atomic mass is 32.2. The normalized spacial score (nSPS) is 18.3. The molecule has 1 unspecified atom stereocenters. The van der Waals surface area contributed by atoms with Crippen molar-refractivity contribution in [3.63, 3.8) is 0 Å². The molecule has 0 radical (unpaired) electrons. The smallest absolute Gasteiger partial charge is 0.239 e. The molecule has 8 nitrogen and oxygen atoms in total. The summed E-state index contributed by atoms with van der Waals surface area (Å²) in [5.74, 6) is 1.10. The Bertz CT molecular complexity index is 1020. The Labute approximate surface area is 164 Å². The molecule has 28 heavy (non-hydrogen) atoms. The number of carbonyl (C=O) groups is 1. The zero-order chi connectivity index (χ0) is 20.5. The summed E-state index contributed by atoms with van der Waals surface area (Å²) in [6, 6.07) is 5.63. The highest BCUT2D eigenvalue weighted by Crippen LogP contribution is 2.27. The maximum absolute atomic E-state index is 12.6. The standard InChI is InChI=1S/C19H24N4O4S/c1-13-14(2)23(10-16-5-4-7-27-16)19(17(13)9-20)21-18(24)11-22(3)15-6-8-28(25,26)12-15/h4-5,7,15H,6,8,10-12H2,1-3H3,(H,21,24). The van der Waals surface area contributed by atoms with E-state index in [0.29, 0.717) is 30.1 Å². The van der Waals surface area contributed by atoms with Crippen molar-refractivity contribution < 1.29 is 17.6 Å². The van der Waals surface area contributed by atoms with Gasteiger partial charge < -0.3 is 14.3 Å². The van der Waals surface area contributed by atoms with Crippen molar-refractivity contribution in [1.82, 2.24) is 9.47 Å². The third-order valence-electron chi connectivity index (χ3n) is 5.32. The molecular weight excluding hydrogens is 380 g/mol. The topological polar surface area (TPSA) is 108 Å². The summed E-state index contributed by atoms with van der Waals surface area (Å²) in [7, 11) is -1.27. The van der Waals surface area contributed by atoms with Gasteiger partial charge in [-0.05, 0) is 45.0 Å². The first-order chi connectivity index (χ1) is 13.2. The maximum atomic E-state index is 12.6. The van der Waals surface area contributed by atoms with Crippen LogP contribution in [0, 0.1) is 25.2 Å². The van der Waals surface area contributed by atoms with Gasteiger partial charge in [0, 0.05) is 11.7 Å². The van der Waals surface area contributed by atoms with E-state index in [1.807, 2.05) is 24.5 Å². The van der Waals surface area contributed by atoms with Gasteiger partial charge in [0.2, 0.25) is 5.91 Å². The van der Waals surface area contributed by atoms with Crippen molar-refractivity contribution in [2.45, 2.75) is 32.9 Å². The molecule has 1 fully saturated rings. The second-order valence-corrected chi connectivity index (χ2v) is 9.46. The molecule has 1 saturated heterocycles. The molecule has 150 valence electrons. The fourth-order valence-electron chi connectivity index (χ4n) is 3.54. The van der Waals surface area contributed by atoms with Gasteiger partial charge in [-0.1, -0.05) is 0 Å². The quantitative estimate of drug-likeness (QED) is 0.785. The minimum Gasteiger partial charge on any atom is -0.467 e. The van der Waals surface area contributed by atoms with E-state index in [9.17, 15) is 18.5 Å². The van der Waals surface area contributed by atoms with Crippen LogP contribution in [0.15, 0.2) is 22.8 Å². The van der Waals surface area contributed by atoms with Gasteiger partial charge in [0.05, 0.1) is 36.4 Å². The third-order valence-corrected chi connectivity index (χ3v) is 7.07. The first-order valence-corrected chi connectivity index (χ1v) is 10.9. The molecule has 3 rings (SSSR count). The van der Waals surface area contributed by atoms with Crippen LogP contribution >= 0.6 is 0 Å². The molecule has 2 aromatic heterocycles. The number of hydrogen-bond acceptors (Lipinski definition) is 6. The molecular formula is C19H24N4O4S. The Kier molecular flexibility index (Phi) is 5.63. The lowest BCUT2D eigenvalue weighted by molar-refractivity contribution is -0.117. The second kappa shape index (κ2) is 7.81. The molecule has 0 spiro atoms. The van der Waals surface area contributed by atoms with Gasteiger partial charge in [-0.3, -0.25) is 9.69 Å². The number of nitrogens with zero attached hydrogens (tertiary/aromatic N) is 3. The number of nitriles is 1. The van der Waals surface area contributed by atoms with Gasteiger partial charge in [-0.25, -0.2) is 8.42 Å². The molecule has 0 saturated carbocycles. The number of hydrogen-bond donors (Lipinski definition) is 1. The largest absolute Gasteiger partial charge is 0.467 e. The zero-order valence-electron chi connectivity index (χ0n) is 16.2. The van der Waals surface area contributed by atoms with Crippen molar-refractivity contribution in [1.29, 1.82) is 5.26 Å². The van der Waals surface area contributed by atoms with Crippen LogP contribution in [-0.2, 0) is 21.2 Å². The lowest BCUT2D eigenvalue weighted by Crippen LogP contribution is -2.39. The van der Waals surface area contributed by atoms with Crippen molar-refractivity contribution in [2.75, 3.05) is 30.4 Å². The Hall–Kier alpha value is -2.57. The van der Waals surface area contributed by atoms with Gasteiger partial charge in [0.1, 0.15) is 17.6 Å². The van der Waals surface area contributed by atoms with Gasteiger partial charge in [-0.2, -0.15) is 5.26 Å². The number of likely N-dealkylation sites (N-methyl/N-ethyl adjacent to an activating group) is 1. The summed E-state index contributed by atoms with van der Waals surface area (Å²) < 4.78 is 30.6. The number of nitrogens with one attached hydrogen (secondary N) is 1. The van der Waals surface area contributed by atoms with Crippen molar-refractivity contribution in [3.8, 4) is 6.07 Å². The van der Waals surface area contributed by atoms with Crippen LogP contribution in [0.5, 0.6) is 0 Å². The molecule has 1 amide bonds. The van der Waals surface area contributed by atoms with E-state index < -0.39 is 9.84 Å². The first kappa shape index (κ1) is 20.2. The number of furan rings is 1. The van der Waals surface area contributed by atoms with E-state index in [1.165, 1.54) is 0 Å². The summed E-state index contributed by atoms with van der Waals surface area (Å²) in [5.41, 5.74) is 2.10. The van der Waals surface area contributed by atoms with E-state index in [2.05, 4.69) is 11.4 Å². The molecule has 1 aliphatic heterocycles. The fourth-order valence-corrected chi connectivity index (χ4v) is 5.34. The second-order valence-electron chi connectivity index (χ2n) is 7.23. The van der Waals surface area contributed by atoms with E-state index in [4.69, 9.17) is 4.42 Å². The summed E-state index contributed by atoms with van der Waals surface area (Å²) in [4.78, 5) is 14.4. The number of amides is 1. The lowest BCUT2D eigenvalue weighted by atomic mass is 10.2. The van der Waals surface area contributed by atoms with Gasteiger partial charge in [0.25, 0.3) is 0 Å². The van der Waals surface area contributed by atoms with E-state index in [0.717, 1.165) is 11.3 Å². The van der Waals surface area contributed by atoms with Crippen LogP contribution in [0.2, 0.25) is 0 Å². The lowest BCUT2D eigenvalue weighted by Gasteiger charge is -2.22. The molecule has 1 atom stereocenters. The van der Waals surface area contributed by atoms with Crippen LogP contribution in [-0.4, -0.2) is 54.9 Å². The predicted octanol–water partition coefficient (Wildman–Crippen LogP) is 1.68. The molecule has 0 aromatic carbocycles. The zero-order valence-corrected chi connectivity index (χ0v) is 17.0. The van der Waals surface area contributed by atoms with E-state index in [-0.39, 0.29) is 30.0 Å². The summed E-state index contributed by atoms with van der Waals surface area (Å²) in [6.07, 6.45) is 2.11. The highest BCUT2D eigenvalue weighted by molar-refractivity contribution is 7.91. The van der Waals surface area contributed by atoms with Gasteiger partial charge in [0.15, 0.2) is 9.84 Å². The van der Waals surface area contributed by atoms with Crippen LogP contribution in [0.3, 0.4) is 0 Å². The summed E-state index contributed by atoms with van der Waals surface area (Å²) in [6.45, 7) is 4.19. The predicted molar refractivity (Wildman–Crippen MR) is 105 cm³/mol. The molecule has 0 aliphatic carbocycles. The summed E-state index contributed by atoms with van der Waals surface area (Å²) >= 11 is 0. The van der Waals surface area contributed by atoms with E-state index >= 15 is 0 Å². The highest BCUT2D eigenvalue weighted by Gasteiger charge is 2.31. The maximum Gasteiger partial charge on any atom is 0.239 e. The first-order valence-electron chi connectivity index (χ1n) is 9.04. The third kappa shape index (κ3) is 4.13.